The lowest BCUT2D eigenvalue weighted by molar-refractivity contribution is -0.139. The van der Waals surface area contributed by atoms with Crippen molar-refractivity contribution >= 4 is 5.97 Å². The standard InChI is InChI=1S/C15H29NO2/c1-12(2)11-14(15(17)18)16-10-6-9-13-7-4-3-5-8-13/h12-14,16H,3-11H2,1-2H3,(H,17,18). The zero-order chi connectivity index (χ0) is 13.4. The molecule has 0 bridgehead atoms. The van der Waals surface area contributed by atoms with E-state index in [1.807, 2.05) is 0 Å². The highest BCUT2D eigenvalue weighted by Crippen LogP contribution is 2.26. The van der Waals surface area contributed by atoms with Crippen LogP contribution in [0.3, 0.4) is 0 Å². The molecule has 2 N–H and O–H groups in total. The van der Waals surface area contributed by atoms with E-state index >= 15 is 0 Å². The molecule has 0 saturated heterocycles. The number of aliphatic carboxylic acids is 1. The molecule has 1 aliphatic rings. The maximum Gasteiger partial charge on any atom is 0.320 e. The van der Waals surface area contributed by atoms with E-state index in [-0.39, 0.29) is 6.04 Å². The van der Waals surface area contributed by atoms with Gasteiger partial charge in [-0.25, -0.2) is 0 Å². The van der Waals surface area contributed by atoms with E-state index in [9.17, 15) is 4.79 Å². The van der Waals surface area contributed by atoms with E-state index in [4.69, 9.17) is 5.11 Å². The fourth-order valence-corrected chi connectivity index (χ4v) is 2.89. The second-order valence-corrected chi connectivity index (χ2v) is 6.12. The molecule has 1 atom stereocenters. The van der Waals surface area contributed by atoms with Crippen LogP contribution < -0.4 is 5.32 Å². The minimum Gasteiger partial charge on any atom is -0.480 e. The normalized spacial score (nSPS) is 19.1. The average molecular weight is 255 g/mol. The molecule has 1 rings (SSSR count). The van der Waals surface area contributed by atoms with E-state index in [0.717, 1.165) is 25.3 Å². The Morgan fingerprint density at radius 1 is 1.28 bits per heavy atom. The molecule has 3 heteroatoms. The fraction of sp³-hybridized carbons (Fsp3) is 0.933. The van der Waals surface area contributed by atoms with Gasteiger partial charge in [-0.2, -0.15) is 0 Å². The Balaban J connectivity index is 2.12. The highest BCUT2D eigenvalue weighted by atomic mass is 16.4. The van der Waals surface area contributed by atoms with Crippen LogP contribution in [0.5, 0.6) is 0 Å². The van der Waals surface area contributed by atoms with Gasteiger partial charge in [0.25, 0.3) is 0 Å². The lowest BCUT2D eigenvalue weighted by Crippen LogP contribution is -2.38. The zero-order valence-corrected chi connectivity index (χ0v) is 12.0. The van der Waals surface area contributed by atoms with Gasteiger partial charge in [0, 0.05) is 0 Å². The Hall–Kier alpha value is -0.570. The van der Waals surface area contributed by atoms with Gasteiger partial charge in [0.15, 0.2) is 0 Å². The maximum absolute atomic E-state index is 11.1. The maximum atomic E-state index is 11.1. The Bertz CT molecular complexity index is 235. The third kappa shape index (κ3) is 6.39. The number of carboxylic acid groups (broad SMARTS) is 1. The topological polar surface area (TPSA) is 49.3 Å². The quantitative estimate of drug-likeness (QED) is 0.653. The summed E-state index contributed by atoms with van der Waals surface area (Å²) in [5.41, 5.74) is 0. The minimum absolute atomic E-state index is 0.364. The molecule has 0 aromatic rings. The molecule has 106 valence electrons. The predicted molar refractivity (Wildman–Crippen MR) is 74.7 cm³/mol. The molecule has 1 unspecified atom stereocenters. The molecule has 0 heterocycles. The first-order valence-electron chi connectivity index (χ1n) is 7.55. The summed E-state index contributed by atoms with van der Waals surface area (Å²) in [5, 5.41) is 12.3. The van der Waals surface area contributed by atoms with E-state index in [1.165, 1.54) is 38.5 Å². The van der Waals surface area contributed by atoms with Crippen LogP contribution in [0.2, 0.25) is 0 Å². The van der Waals surface area contributed by atoms with Crippen molar-refractivity contribution in [2.45, 2.75) is 71.3 Å². The van der Waals surface area contributed by atoms with Crippen molar-refractivity contribution < 1.29 is 9.90 Å². The van der Waals surface area contributed by atoms with Gasteiger partial charge in [-0.1, -0.05) is 46.0 Å². The summed E-state index contributed by atoms with van der Waals surface area (Å²) < 4.78 is 0. The Morgan fingerprint density at radius 3 is 2.50 bits per heavy atom. The number of hydrogen-bond acceptors (Lipinski definition) is 2. The summed E-state index contributed by atoms with van der Waals surface area (Å²) >= 11 is 0. The van der Waals surface area contributed by atoms with Crippen LogP contribution in [0.4, 0.5) is 0 Å². The molecule has 0 amide bonds. The molecule has 1 aliphatic carbocycles. The molecule has 1 saturated carbocycles. The minimum atomic E-state index is -0.707. The number of nitrogens with one attached hydrogen (secondary N) is 1. The van der Waals surface area contributed by atoms with Gasteiger partial charge in [0.05, 0.1) is 0 Å². The van der Waals surface area contributed by atoms with E-state index in [1.54, 1.807) is 0 Å². The van der Waals surface area contributed by atoms with E-state index < -0.39 is 5.97 Å². The molecular formula is C15H29NO2. The smallest absolute Gasteiger partial charge is 0.320 e. The fourth-order valence-electron chi connectivity index (χ4n) is 2.89. The van der Waals surface area contributed by atoms with Crippen LogP contribution in [-0.2, 0) is 4.79 Å². The van der Waals surface area contributed by atoms with Gasteiger partial charge in [0.2, 0.25) is 0 Å². The van der Waals surface area contributed by atoms with Crippen molar-refractivity contribution in [1.29, 1.82) is 0 Å². The summed E-state index contributed by atoms with van der Waals surface area (Å²) in [6, 6.07) is -0.364. The van der Waals surface area contributed by atoms with Crippen LogP contribution in [0.1, 0.15) is 65.2 Å². The Kier molecular flexibility index (Phi) is 7.33. The lowest BCUT2D eigenvalue weighted by atomic mass is 9.86. The highest BCUT2D eigenvalue weighted by molar-refractivity contribution is 5.73. The number of carbonyl (C=O) groups is 1. The second-order valence-electron chi connectivity index (χ2n) is 6.12. The van der Waals surface area contributed by atoms with Crippen molar-refractivity contribution in [3.05, 3.63) is 0 Å². The first-order valence-corrected chi connectivity index (χ1v) is 7.55. The molecule has 0 radical (unpaired) electrons. The van der Waals surface area contributed by atoms with Gasteiger partial charge in [-0.05, 0) is 37.6 Å². The summed E-state index contributed by atoms with van der Waals surface area (Å²) in [6.07, 6.45) is 10.1. The second kappa shape index (κ2) is 8.52. The van der Waals surface area contributed by atoms with Crippen LogP contribution in [0.25, 0.3) is 0 Å². The summed E-state index contributed by atoms with van der Waals surface area (Å²) in [4.78, 5) is 11.1. The lowest BCUT2D eigenvalue weighted by Gasteiger charge is -2.22. The van der Waals surface area contributed by atoms with Gasteiger partial charge >= 0.3 is 5.97 Å². The van der Waals surface area contributed by atoms with Crippen LogP contribution in [-0.4, -0.2) is 23.7 Å². The van der Waals surface area contributed by atoms with Crippen molar-refractivity contribution in [2.24, 2.45) is 11.8 Å². The number of hydrogen-bond donors (Lipinski definition) is 2. The van der Waals surface area contributed by atoms with Crippen LogP contribution in [0, 0.1) is 11.8 Å². The summed E-state index contributed by atoms with van der Waals surface area (Å²) in [7, 11) is 0. The summed E-state index contributed by atoms with van der Waals surface area (Å²) in [6.45, 7) is 4.99. The van der Waals surface area contributed by atoms with E-state index in [0.29, 0.717) is 5.92 Å². The first kappa shape index (κ1) is 15.5. The Labute approximate surface area is 111 Å². The third-order valence-electron chi connectivity index (χ3n) is 3.91. The SMILES string of the molecule is CC(C)CC(NCCCC1CCCCC1)C(=O)O. The Morgan fingerprint density at radius 2 is 1.94 bits per heavy atom. The molecule has 0 spiro atoms. The molecule has 0 aromatic carbocycles. The van der Waals surface area contributed by atoms with Gasteiger partial charge in [-0.15, -0.1) is 0 Å². The molecule has 3 nitrogen and oxygen atoms in total. The highest BCUT2D eigenvalue weighted by Gasteiger charge is 2.18. The van der Waals surface area contributed by atoms with Crippen molar-refractivity contribution in [3.8, 4) is 0 Å². The van der Waals surface area contributed by atoms with Crippen molar-refractivity contribution in [3.63, 3.8) is 0 Å². The number of carboxylic acids is 1. The molecule has 18 heavy (non-hydrogen) atoms. The van der Waals surface area contributed by atoms with E-state index in [2.05, 4.69) is 19.2 Å². The monoisotopic (exact) mass is 255 g/mol. The molecule has 1 fully saturated rings. The van der Waals surface area contributed by atoms with Crippen molar-refractivity contribution in [1.82, 2.24) is 5.32 Å². The van der Waals surface area contributed by atoms with Gasteiger partial charge in [0.1, 0.15) is 6.04 Å². The largest absolute Gasteiger partial charge is 0.480 e. The zero-order valence-electron chi connectivity index (χ0n) is 12.0. The van der Waals surface area contributed by atoms with Crippen LogP contribution in [0.15, 0.2) is 0 Å². The first-order chi connectivity index (χ1) is 8.59. The number of rotatable bonds is 8. The summed E-state index contributed by atoms with van der Waals surface area (Å²) in [5.74, 6) is 0.618. The molecule has 0 aliphatic heterocycles. The molecule has 0 aromatic heterocycles. The average Bonchev–Trinajstić information content (AvgIpc) is 2.33. The van der Waals surface area contributed by atoms with Crippen LogP contribution >= 0.6 is 0 Å². The van der Waals surface area contributed by atoms with Crippen molar-refractivity contribution in [2.75, 3.05) is 6.54 Å². The molecular weight excluding hydrogens is 226 g/mol. The predicted octanol–water partition coefficient (Wildman–Crippen LogP) is 3.44. The third-order valence-corrected chi connectivity index (χ3v) is 3.91. The van der Waals surface area contributed by atoms with Gasteiger partial charge < -0.3 is 10.4 Å². The van der Waals surface area contributed by atoms with Gasteiger partial charge in [-0.3, -0.25) is 4.79 Å².